The summed E-state index contributed by atoms with van der Waals surface area (Å²) in [6.07, 6.45) is 4.78. The maximum absolute atomic E-state index is 10.8. The maximum Gasteiger partial charge on any atom is 0.307 e. The number of aryl methyl sites for hydroxylation is 2. The molecule has 0 fully saturated rings. The minimum atomic E-state index is -0.728. The molecule has 0 bridgehead atoms. The fourth-order valence-electron chi connectivity index (χ4n) is 2.45. The van der Waals surface area contributed by atoms with Crippen LogP contribution in [0.4, 0.5) is 0 Å². The van der Waals surface area contributed by atoms with Crippen molar-refractivity contribution < 1.29 is 9.90 Å². The highest BCUT2D eigenvalue weighted by atomic mass is 16.4. The van der Waals surface area contributed by atoms with Crippen LogP contribution < -0.4 is 0 Å². The monoisotopic (exact) mass is 204 g/mol. The van der Waals surface area contributed by atoms with Gasteiger partial charge in [0.1, 0.15) is 0 Å². The van der Waals surface area contributed by atoms with Gasteiger partial charge in [-0.25, -0.2) is 0 Å². The second kappa shape index (κ2) is 4.05. The van der Waals surface area contributed by atoms with Gasteiger partial charge in [0.2, 0.25) is 0 Å². The van der Waals surface area contributed by atoms with Crippen LogP contribution in [0.5, 0.6) is 0 Å². The molecular formula is C13H16O2. The van der Waals surface area contributed by atoms with Crippen LogP contribution in [0.1, 0.15) is 35.1 Å². The van der Waals surface area contributed by atoms with Crippen LogP contribution in [0.15, 0.2) is 12.1 Å². The highest BCUT2D eigenvalue weighted by Crippen LogP contribution is 2.26. The first kappa shape index (κ1) is 10.2. The molecule has 1 N–H and O–H groups in total. The average molecular weight is 204 g/mol. The summed E-state index contributed by atoms with van der Waals surface area (Å²) in [5.41, 5.74) is 4.89. The highest BCUT2D eigenvalue weighted by Gasteiger charge is 2.15. The Morgan fingerprint density at radius 2 is 2.07 bits per heavy atom. The smallest absolute Gasteiger partial charge is 0.307 e. The Balaban J connectivity index is 2.43. The quantitative estimate of drug-likeness (QED) is 0.803. The zero-order chi connectivity index (χ0) is 10.8. The van der Waals surface area contributed by atoms with Gasteiger partial charge in [-0.2, -0.15) is 0 Å². The molecule has 1 aromatic rings. The molecule has 2 heteroatoms. The first-order valence-corrected chi connectivity index (χ1v) is 5.50. The van der Waals surface area contributed by atoms with Gasteiger partial charge in [0, 0.05) is 0 Å². The number of rotatable bonds is 2. The third-order valence-corrected chi connectivity index (χ3v) is 3.04. The van der Waals surface area contributed by atoms with Crippen LogP contribution in [0, 0.1) is 6.92 Å². The summed E-state index contributed by atoms with van der Waals surface area (Å²) in [7, 11) is 0. The summed E-state index contributed by atoms with van der Waals surface area (Å²) < 4.78 is 0. The van der Waals surface area contributed by atoms with Crippen molar-refractivity contribution in [1.29, 1.82) is 0 Å². The SMILES string of the molecule is Cc1cc2c(c(CC(=O)O)c1)CCCC2. The third-order valence-electron chi connectivity index (χ3n) is 3.04. The summed E-state index contributed by atoms with van der Waals surface area (Å²) in [6, 6.07) is 4.23. The van der Waals surface area contributed by atoms with Crippen LogP contribution in [0.3, 0.4) is 0 Å². The van der Waals surface area contributed by atoms with Crippen molar-refractivity contribution in [2.45, 2.75) is 39.0 Å². The lowest BCUT2D eigenvalue weighted by Gasteiger charge is -2.19. The highest BCUT2D eigenvalue weighted by molar-refractivity contribution is 5.71. The Hall–Kier alpha value is -1.31. The largest absolute Gasteiger partial charge is 0.481 e. The van der Waals surface area contributed by atoms with Gasteiger partial charge in [0.25, 0.3) is 0 Å². The molecule has 0 aliphatic heterocycles. The van der Waals surface area contributed by atoms with E-state index >= 15 is 0 Å². The zero-order valence-corrected chi connectivity index (χ0v) is 9.05. The molecular weight excluding hydrogens is 188 g/mol. The number of hydrogen-bond acceptors (Lipinski definition) is 1. The maximum atomic E-state index is 10.8. The Kier molecular flexibility index (Phi) is 2.76. The molecule has 0 atom stereocenters. The van der Waals surface area contributed by atoms with E-state index in [2.05, 4.69) is 6.07 Å². The molecule has 0 saturated carbocycles. The van der Waals surface area contributed by atoms with Crippen molar-refractivity contribution in [3.63, 3.8) is 0 Å². The predicted molar refractivity (Wildman–Crippen MR) is 59.2 cm³/mol. The van der Waals surface area contributed by atoms with Gasteiger partial charge < -0.3 is 5.11 Å². The Morgan fingerprint density at radius 1 is 1.33 bits per heavy atom. The number of aliphatic carboxylic acids is 1. The second-order valence-electron chi connectivity index (χ2n) is 4.34. The number of hydrogen-bond donors (Lipinski definition) is 1. The van der Waals surface area contributed by atoms with Crippen LogP contribution in [-0.4, -0.2) is 11.1 Å². The number of carboxylic acid groups (broad SMARTS) is 1. The predicted octanol–water partition coefficient (Wildman–Crippen LogP) is 2.50. The molecule has 0 radical (unpaired) electrons. The Morgan fingerprint density at radius 3 is 2.80 bits per heavy atom. The van der Waals surface area contributed by atoms with E-state index in [9.17, 15) is 4.79 Å². The van der Waals surface area contributed by atoms with Crippen LogP contribution in [0.2, 0.25) is 0 Å². The zero-order valence-electron chi connectivity index (χ0n) is 9.05. The van der Waals surface area contributed by atoms with Gasteiger partial charge in [0.15, 0.2) is 0 Å². The van der Waals surface area contributed by atoms with E-state index in [1.807, 2.05) is 13.0 Å². The minimum absolute atomic E-state index is 0.171. The first-order chi connectivity index (χ1) is 7.16. The van der Waals surface area contributed by atoms with E-state index in [1.165, 1.54) is 29.5 Å². The normalized spacial score (nSPS) is 14.7. The first-order valence-electron chi connectivity index (χ1n) is 5.50. The van der Waals surface area contributed by atoms with E-state index in [1.54, 1.807) is 0 Å². The molecule has 0 aromatic heterocycles. The molecule has 1 aliphatic rings. The van der Waals surface area contributed by atoms with E-state index in [0.29, 0.717) is 0 Å². The summed E-state index contributed by atoms with van der Waals surface area (Å²) in [5, 5.41) is 8.86. The standard InChI is InChI=1S/C13H16O2/c1-9-6-10-4-2-3-5-12(10)11(7-9)8-13(14)15/h6-7H,2-5,8H2,1H3,(H,14,15). The van der Waals surface area contributed by atoms with Crippen molar-refractivity contribution in [3.05, 3.63) is 34.4 Å². The van der Waals surface area contributed by atoms with Crippen LogP contribution in [0.25, 0.3) is 0 Å². The number of carboxylic acids is 1. The van der Waals surface area contributed by atoms with Gasteiger partial charge in [0.05, 0.1) is 6.42 Å². The van der Waals surface area contributed by atoms with Crippen molar-refractivity contribution in [3.8, 4) is 0 Å². The minimum Gasteiger partial charge on any atom is -0.481 e. The summed E-state index contributed by atoms with van der Waals surface area (Å²) in [4.78, 5) is 10.8. The van der Waals surface area contributed by atoms with Gasteiger partial charge in [-0.15, -0.1) is 0 Å². The average Bonchev–Trinajstić information content (AvgIpc) is 2.16. The Labute approximate surface area is 89.9 Å². The number of benzene rings is 1. The summed E-state index contributed by atoms with van der Waals surface area (Å²) >= 11 is 0. The van der Waals surface area contributed by atoms with Crippen molar-refractivity contribution >= 4 is 5.97 Å². The Bertz CT molecular complexity index is 394. The topological polar surface area (TPSA) is 37.3 Å². The second-order valence-corrected chi connectivity index (χ2v) is 4.34. The molecule has 0 saturated heterocycles. The molecule has 0 amide bonds. The van der Waals surface area contributed by atoms with Crippen molar-refractivity contribution in [1.82, 2.24) is 0 Å². The fraction of sp³-hybridized carbons (Fsp3) is 0.462. The molecule has 15 heavy (non-hydrogen) atoms. The lowest BCUT2D eigenvalue weighted by atomic mass is 9.86. The van der Waals surface area contributed by atoms with Gasteiger partial charge in [-0.05, 0) is 49.3 Å². The molecule has 2 nitrogen and oxygen atoms in total. The van der Waals surface area contributed by atoms with Crippen LogP contribution in [-0.2, 0) is 24.1 Å². The molecule has 0 spiro atoms. The van der Waals surface area contributed by atoms with E-state index in [0.717, 1.165) is 18.4 Å². The van der Waals surface area contributed by atoms with E-state index < -0.39 is 5.97 Å². The van der Waals surface area contributed by atoms with Gasteiger partial charge >= 0.3 is 5.97 Å². The molecule has 0 heterocycles. The summed E-state index contributed by atoms with van der Waals surface area (Å²) in [6.45, 7) is 2.04. The molecule has 1 aliphatic carbocycles. The van der Waals surface area contributed by atoms with Crippen LogP contribution >= 0.6 is 0 Å². The number of carbonyl (C=O) groups is 1. The lowest BCUT2D eigenvalue weighted by Crippen LogP contribution is -2.10. The molecule has 0 unspecified atom stereocenters. The van der Waals surface area contributed by atoms with Crippen molar-refractivity contribution in [2.75, 3.05) is 0 Å². The molecule has 2 rings (SSSR count). The number of fused-ring (bicyclic) bond motifs is 1. The lowest BCUT2D eigenvalue weighted by molar-refractivity contribution is -0.136. The van der Waals surface area contributed by atoms with Gasteiger partial charge in [-0.1, -0.05) is 17.7 Å². The van der Waals surface area contributed by atoms with Crippen molar-refractivity contribution in [2.24, 2.45) is 0 Å². The molecule has 80 valence electrons. The van der Waals surface area contributed by atoms with E-state index in [-0.39, 0.29) is 6.42 Å². The fourth-order valence-corrected chi connectivity index (χ4v) is 2.45. The summed E-state index contributed by atoms with van der Waals surface area (Å²) in [5.74, 6) is -0.728. The molecule has 1 aromatic carbocycles. The third kappa shape index (κ3) is 2.20. The van der Waals surface area contributed by atoms with E-state index in [4.69, 9.17) is 5.11 Å². The van der Waals surface area contributed by atoms with Gasteiger partial charge in [-0.3, -0.25) is 4.79 Å².